The Labute approximate surface area is 117 Å². The van der Waals surface area contributed by atoms with Gasteiger partial charge in [0.2, 0.25) is 0 Å². The number of hydrogen-bond acceptors (Lipinski definition) is 2. The lowest BCUT2D eigenvalue weighted by Gasteiger charge is -2.20. The van der Waals surface area contributed by atoms with Gasteiger partial charge >= 0.3 is 0 Å². The topological polar surface area (TPSA) is 16.1 Å². The van der Waals surface area contributed by atoms with Crippen molar-refractivity contribution < 1.29 is 0 Å². The lowest BCUT2D eigenvalue weighted by Crippen LogP contribution is -2.24. The molecule has 0 spiro atoms. The van der Waals surface area contributed by atoms with Crippen LogP contribution in [0.15, 0.2) is 36.5 Å². The first-order chi connectivity index (χ1) is 8.83. The van der Waals surface area contributed by atoms with Crippen LogP contribution in [0.1, 0.15) is 18.9 Å². The summed E-state index contributed by atoms with van der Waals surface area (Å²) in [4.78, 5) is 6.82. The second-order valence-electron chi connectivity index (χ2n) is 4.44. The number of alkyl halides is 1. The third-order valence-electron chi connectivity index (χ3n) is 3.13. The van der Waals surface area contributed by atoms with Gasteiger partial charge in [0.1, 0.15) is 0 Å². The van der Waals surface area contributed by atoms with Gasteiger partial charge in [-0.1, -0.05) is 35.0 Å². The van der Waals surface area contributed by atoms with Gasteiger partial charge in [0.15, 0.2) is 0 Å². The standard InChI is InChI=1S/C15H19BrN2/c1-2-18(10-4-8-16)12-13-6-7-15-14(11-13)5-3-9-17-15/h3,5-7,9,11H,2,4,8,10,12H2,1H3. The van der Waals surface area contributed by atoms with Gasteiger partial charge in [-0.25, -0.2) is 0 Å². The molecule has 1 aromatic carbocycles. The van der Waals surface area contributed by atoms with E-state index in [1.165, 1.54) is 17.4 Å². The van der Waals surface area contributed by atoms with Crippen molar-refractivity contribution >= 4 is 26.8 Å². The summed E-state index contributed by atoms with van der Waals surface area (Å²) in [5, 5.41) is 2.30. The molecule has 0 saturated carbocycles. The van der Waals surface area contributed by atoms with Crippen molar-refractivity contribution in [2.45, 2.75) is 19.9 Å². The number of aromatic nitrogens is 1. The maximum atomic E-state index is 4.35. The van der Waals surface area contributed by atoms with Crippen LogP contribution in [0.25, 0.3) is 10.9 Å². The molecular formula is C15H19BrN2. The number of fused-ring (bicyclic) bond motifs is 1. The van der Waals surface area contributed by atoms with E-state index in [1.54, 1.807) is 0 Å². The van der Waals surface area contributed by atoms with Crippen LogP contribution in [0.4, 0.5) is 0 Å². The third kappa shape index (κ3) is 3.53. The molecule has 2 nitrogen and oxygen atoms in total. The molecule has 0 atom stereocenters. The summed E-state index contributed by atoms with van der Waals surface area (Å²) in [6.07, 6.45) is 3.04. The minimum atomic E-state index is 1.02. The molecule has 0 amide bonds. The maximum Gasteiger partial charge on any atom is 0.0702 e. The van der Waals surface area contributed by atoms with Gasteiger partial charge in [0, 0.05) is 23.5 Å². The molecular weight excluding hydrogens is 288 g/mol. The van der Waals surface area contributed by atoms with Gasteiger partial charge < -0.3 is 0 Å². The Bertz CT molecular complexity index is 499. The minimum Gasteiger partial charge on any atom is -0.299 e. The van der Waals surface area contributed by atoms with Crippen molar-refractivity contribution in [3.05, 3.63) is 42.1 Å². The van der Waals surface area contributed by atoms with E-state index in [4.69, 9.17) is 0 Å². The number of hydrogen-bond donors (Lipinski definition) is 0. The Hall–Kier alpha value is -0.930. The van der Waals surface area contributed by atoms with Crippen LogP contribution in [0.5, 0.6) is 0 Å². The predicted molar refractivity (Wildman–Crippen MR) is 81.1 cm³/mol. The molecule has 0 fully saturated rings. The van der Waals surface area contributed by atoms with E-state index in [2.05, 4.69) is 57.0 Å². The van der Waals surface area contributed by atoms with Crippen LogP contribution in [-0.2, 0) is 6.54 Å². The monoisotopic (exact) mass is 306 g/mol. The highest BCUT2D eigenvalue weighted by atomic mass is 79.9. The summed E-state index contributed by atoms with van der Waals surface area (Å²) in [6, 6.07) is 10.7. The zero-order valence-corrected chi connectivity index (χ0v) is 12.4. The quantitative estimate of drug-likeness (QED) is 0.754. The first kappa shape index (κ1) is 13.5. The molecule has 0 aliphatic heterocycles. The van der Waals surface area contributed by atoms with E-state index in [9.17, 15) is 0 Å². The number of nitrogens with zero attached hydrogens (tertiary/aromatic N) is 2. The van der Waals surface area contributed by atoms with Crippen LogP contribution in [-0.4, -0.2) is 28.3 Å². The Morgan fingerprint density at radius 2 is 2.17 bits per heavy atom. The van der Waals surface area contributed by atoms with E-state index in [0.717, 1.165) is 30.5 Å². The zero-order valence-electron chi connectivity index (χ0n) is 10.8. The number of pyridine rings is 1. The van der Waals surface area contributed by atoms with Gasteiger partial charge in [-0.05, 0) is 43.3 Å². The summed E-state index contributed by atoms with van der Waals surface area (Å²) < 4.78 is 0. The minimum absolute atomic E-state index is 1.02. The van der Waals surface area contributed by atoms with Gasteiger partial charge in [-0.15, -0.1) is 0 Å². The van der Waals surface area contributed by atoms with Gasteiger partial charge in [0.25, 0.3) is 0 Å². The molecule has 18 heavy (non-hydrogen) atoms. The van der Waals surface area contributed by atoms with E-state index in [-0.39, 0.29) is 0 Å². The Morgan fingerprint density at radius 3 is 2.94 bits per heavy atom. The molecule has 1 heterocycles. The molecule has 3 heteroatoms. The molecule has 0 radical (unpaired) electrons. The largest absolute Gasteiger partial charge is 0.299 e. The summed E-state index contributed by atoms with van der Waals surface area (Å²) in [6.45, 7) is 5.48. The van der Waals surface area contributed by atoms with E-state index in [0.29, 0.717) is 0 Å². The molecule has 1 aromatic heterocycles. The highest BCUT2D eigenvalue weighted by Crippen LogP contribution is 2.15. The summed E-state index contributed by atoms with van der Waals surface area (Å²) >= 11 is 3.49. The van der Waals surface area contributed by atoms with Gasteiger partial charge in [-0.2, -0.15) is 0 Å². The van der Waals surface area contributed by atoms with Crippen LogP contribution in [0, 0.1) is 0 Å². The summed E-state index contributed by atoms with van der Waals surface area (Å²) in [5.41, 5.74) is 2.44. The van der Waals surface area contributed by atoms with E-state index in [1.807, 2.05) is 12.3 Å². The lowest BCUT2D eigenvalue weighted by atomic mass is 10.1. The molecule has 2 aromatic rings. The molecule has 2 rings (SSSR count). The molecule has 0 aliphatic rings. The van der Waals surface area contributed by atoms with Gasteiger partial charge in [-0.3, -0.25) is 9.88 Å². The molecule has 0 N–H and O–H groups in total. The van der Waals surface area contributed by atoms with Crippen molar-refractivity contribution in [1.29, 1.82) is 0 Å². The van der Waals surface area contributed by atoms with Crippen molar-refractivity contribution in [3.63, 3.8) is 0 Å². The lowest BCUT2D eigenvalue weighted by molar-refractivity contribution is 0.282. The Kier molecular flexibility index (Phi) is 5.14. The first-order valence-corrected chi connectivity index (χ1v) is 7.57. The fourth-order valence-electron chi connectivity index (χ4n) is 2.11. The summed E-state index contributed by atoms with van der Waals surface area (Å²) in [5.74, 6) is 0. The predicted octanol–water partition coefficient (Wildman–Crippen LogP) is 3.84. The molecule has 0 aliphatic carbocycles. The highest BCUT2D eigenvalue weighted by molar-refractivity contribution is 9.09. The van der Waals surface area contributed by atoms with Crippen LogP contribution < -0.4 is 0 Å². The Balaban J connectivity index is 2.10. The smallest absolute Gasteiger partial charge is 0.0702 e. The second-order valence-corrected chi connectivity index (χ2v) is 5.23. The van der Waals surface area contributed by atoms with Crippen LogP contribution in [0.3, 0.4) is 0 Å². The molecule has 96 valence electrons. The first-order valence-electron chi connectivity index (χ1n) is 6.45. The number of halogens is 1. The normalized spacial score (nSPS) is 11.3. The van der Waals surface area contributed by atoms with E-state index < -0.39 is 0 Å². The molecule has 0 bridgehead atoms. The number of rotatable bonds is 6. The highest BCUT2D eigenvalue weighted by Gasteiger charge is 2.04. The average molecular weight is 307 g/mol. The van der Waals surface area contributed by atoms with Crippen molar-refractivity contribution in [1.82, 2.24) is 9.88 Å². The van der Waals surface area contributed by atoms with E-state index >= 15 is 0 Å². The second kappa shape index (κ2) is 6.86. The molecule has 0 saturated heterocycles. The zero-order chi connectivity index (χ0) is 12.8. The fourth-order valence-corrected chi connectivity index (χ4v) is 2.36. The Morgan fingerprint density at radius 1 is 1.28 bits per heavy atom. The van der Waals surface area contributed by atoms with Crippen molar-refractivity contribution in [2.75, 3.05) is 18.4 Å². The number of benzene rings is 1. The van der Waals surface area contributed by atoms with Crippen LogP contribution in [0.2, 0.25) is 0 Å². The van der Waals surface area contributed by atoms with Crippen molar-refractivity contribution in [3.8, 4) is 0 Å². The fraction of sp³-hybridized carbons (Fsp3) is 0.400. The SMILES string of the molecule is CCN(CCCBr)Cc1ccc2ncccc2c1. The molecule has 0 unspecified atom stereocenters. The van der Waals surface area contributed by atoms with Crippen molar-refractivity contribution in [2.24, 2.45) is 0 Å². The van der Waals surface area contributed by atoms with Gasteiger partial charge in [0.05, 0.1) is 5.52 Å². The third-order valence-corrected chi connectivity index (χ3v) is 3.69. The summed E-state index contributed by atoms with van der Waals surface area (Å²) in [7, 11) is 0. The maximum absolute atomic E-state index is 4.35. The average Bonchev–Trinajstić information content (AvgIpc) is 2.43. The van der Waals surface area contributed by atoms with Crippen LogP contribution >= 0.6 is 15.9 Å².